The SMILES string of the molecule is COc1cccc(OC)c1C(=O)NCCNC(=O)CNC(=O)c1ccccc1. The number of hydrogen-bond donors (Lipinski definition) is 3. The summed E-state index contributed by atoms with van der Waals surface area (Å²) in [7, 11) is 2.94. The van der Waals surface area contributed by atoms with Crippen molar-refractivity contribution >= 4 is 17.7 Å². The van der Waals surface area contributed by atoms with Gasteiger partial charge in [-0.05, 0) is 24.3 Å². The molecule has 0 spiro atoms. The van der Waals surface area contributed by atoms with Gasteiger partial charge in [0.25, 0.3) is 11.8 Å². The summed E-state index contributed by atoms with van der Waals surface area (Å²) in [5, 5.41) is 7.85. The Hall–Kier alpha value is -3.55. The summed E-state index contributed by atoms with van der Waals surface area (Å²) in [5.74, 6) is -0.268. The first kappa shape index (κ1) is 20.8. The van der Waals surface area contributed by atoms with Gasteiger partial charge in [-0.1, -0.05) is 24.3 Å². The number of carbonyl (C=O) groups excluding carboxylic acids is 3. The smallest absolute Gasteiger partial charge is 0.258 e. The molecule has 0 saturated carbocycles. The molecular formula is C20H23N3O5. The van der Waals surface area contributed by atoms with Crippen molar-refractivity contribution in [1.82, 2.24) is 16.0 Å². The summed E-state index contributed by atoms with van der Waals surface area (Å²) in [6.45, 7) is 0.268. The number of ether oxygens (including phenoxy) is 2. The third-order valence-corrected chi connectivity index (χ3v) is 3.83. The zero-order chi connectivity index (χ0) is 20.4. The Morgan fingerprint density at radius 3 is 1.96 bits per heavy atom. The molecule has 0 aliphatic rings. The minimum Gasteiger partial charge on any atom is -0.496 e. The zero-order valence-corrected chi connectivity index (χ0v) is 15.8. The molecule has 2 aromatic rings. The second-order valence-electron chi connectivity index (χ2n) is 5.69. The highest BCUT2D eigenvalue weighted by molar-refractivity contribution is 5.99. The van der Waals surface area contributed by atoms with Crippen LogP contribution in [-0.2, 0) is 4.79 Å². The Morgan fingerprint density at radius 1 is 0.750 bits per heavy atom. The van der Waals surface area contributed by atoms with E-state index in [1.165, 1.54) is 14.2 Å². The molecule has 3 N–H and O–H groups in total. The van der Waals surface area contributed by atoms with Gasteiger partial charge in [-0.15, -0.1) is 0 Å². The molecule has 0 saturated heterocycles. The molecule has 0 radical (unpaired) electrons. The van der Waals surface area contributed by atoms with E-state index >= 15 is 0 Å². The summed E-state index contributed by atoms with van der Waals surface area (Å²) in [5.41, 5.74) is 0.766. The summed E-state index contributed by atoms with van der Waals surface area (Å²) < 4.78 is 10.4. The molecule has 8 nitrogen and oxygen atoms in total. The van der Waals surface area contributed by atoms with E-state index in [4.69, 9.17) is 9.47 Å². The maximum atomic E-state index is 12.4. The van der Waals surface area contributed by atoms with E-state index in [2.05, 4.69) is 16.0 Å². The lowest BCUT2D eigenvalue weighted by Crippen LogP contribution is -2.40. The van der Waals surface area contributed by atoms with Gasteiger partial charge in [0, 0.05) is 18.7 Å². The van der Waals surface area contributed by atoms with Crippen molar-refractivity contribution in [3.63, 3.8) is 0 Å². The molecule has 0 unspecified atom stereocenters. The van der Waals surface area contributed by atoms with Crippen LogP contribution >= 0.6 is 0 Å². The van der Waals surface area contributed by atoms with Gasteiger partial charge in [0.15, 0.2) is 0 Å². The molecule has 0 aliphatic carbocycles. The van der Waals surface area contributed by atoms with Gasteiger partial charge in [-0.2, -0.15) is 0 Å². The third kappa shape index (κ3) is 5.73. The summed E-state index contributed by atoms with van der Waals surface area (Å²) in [4.78, 5) is 36.1. The van der Waals surface area contributed by atoms with Gasteiger partial charge < -0.3 is 25.4 Å². The predicted octanol–water partition coefficient (Wildman–Crippen LogP) is 0.980. The van der Waals surface area contributed by atoms with Gasteiger partial charge in [-0.25, -0.2) is 0 Å². The minimum absolute atomic E-state index is 0.151. The molecule has 28 heavy (non-hydrogen) atoms. The van der Waals surface area contributed by atoms with Gasteiger partial charge >= 0.3 is 0 Å². The fourth-order valence-corrected chi connectivity index (χ4v) is 2.46. The van der Waals surface area contributed by atoms with Crippen LogP contribution in [0, 0.1) is 0 Å². The van der Waals surface area contributed by atoms with Crippen LogP contribution in [0.5, 0.6) is 11.5 Å². The number of nitrogens with one attached hydrogen (secondary N) is 3. The Balaban J connectivity index is 1.74. The van der Waals surface area contributed by atoms with Crippen molar-refractivity contribution in [2.75, 3.05) is 33.9 Å². The fraction of sp³-hybridized carbons (Fsp3) is 0.250. The highest BCUT2D eigenvalue weighted by Crippen LogP contribution is 2.27. The number of hydrogen-bond acceptors (Lipinski definition) is 5. The predicted molar refractivity (Wildman–Crippen MR) is 104 cm³/mol. The lowest BCUT2D eigenvalue weighted by atomic mass is 10.1. The summed E-state index contributed by atoms with van der Waals surface area (Å²) >= 11 is 0. The van der Waals surface area contributed by atoms with Crippen LogP contribution in [-0.4, -0.2) is 51.6 Å². The summed E-state index contributed by atoms with van der Waals surface area (Å²) in [6, 6.07) is 13.7. The van der Waals surface area contributed by atoms with E-state index in [9.17, 15) is 14.4 Å². The number of rotatable bonds is 9. The molecule has 3 amide bonds. The van der Waals surface area contributed by atoms with Crippen molar-refractivity contribution in [3.05, 3.63) is 59.7 Å². The van der Waals surface area contributed by atoms with E-state index in [0.717, 1.165) is 0 Å². The maximum absolute atomic E-state index is 12.4. The molecule has 0 heterocycles. The third-order valence-electron chi connectivity index (χ3n) is 3.83. The quantitative estimate of drug-likeness (QED) is 0.558. The first-order valence-electron chi connectivity index (χ1n) is 8.66. The van der Waals surface area contributed by atoms with Crippen LogP contribution in [0.1, 0.15) is 20.7 Å². The van der Waals surface area contributed by atoms with E-state index in [1.807, 2.05) is 0 Å². The minimum atomic E-state index is -0.374. The number of carbonyl (C=O) groups is 3. The Kier molecular flexibility index (Phi) is 7.83. The van der Waals surface area contributed by atoms with E-state index in [-0.39, 0.29) is 42.9 Å². The topological polar surface area (TPSA) is 106 Å². The molecule has 0 fully saturated rings. The first-order valence-corrected chi connectivity index (χ1v) is 8.66. The van der Waals surface area contributed by atoms with Gasteiger partial charge in [-0.3, -0.25) is 14.4 Å². The normalized spacial score (nSPS) is 9.93. The molecule has 0 bridgehead atoms. The van der Waals surface area contributed by atoms with Crippen LogP contribution in [0.4, 0.5) is 0 Å². The Labute approximate surface area is 163 Å². The van der Waals surface area contributed by atoms with Crippen LogP contribution < -0.4 is 25.4 Å². The second kappa shape index (κ2) is 10.6. The van der Waals surface area contributed by atoms with Crippen molar-refractivity contribution < 1.29 is 23.9 Å². The largest absolute Gasteiger partial charge is 0.496 e. The molecule has 2 aromatic carbocycles. The average Bonchev–Trinajstić information content (AvgIpc) is 2.74. The molecule has 0 atom stereocenters. The van der Waals surface area contributed by atoms with Crippen molar-refractivity contribution in [3.8, 4) is 11.5 Å². The molecular weight excluding hydrogens is 362 g/mol. The second-order valence-corrected chi connectivity index (χ2v) is 5.69. The maximum Gasteiger partial charge on any atom is 0.258 e. The monoisotopic (exact) mass is 385 g/mol. The number of benzene rings is 2. The van der Waals surface area contributed by atoms with Gasteiger partial charge in [0.05, 0.1) is 20.8 Å². The fourth-order valence-electron chi connectivity index (χ4n) is 2.46. The standard InChI is InChI=1S/C20H23N3O5/c1-27-15-9-6-10-16(28-2)18(15)20(26)22-12-11-21-17(24)13-23-19(25)14-7-4-3-5-8-14/h3-10H,11-13H2,1-2H3,(H,21,24)(H,22,26)(H,23,25). The summed E-state index contributed by atoms with van der Waals surface area (Å²) in [6.07, 6.45) is 0. The highest BCUT2D eigenvalue weighted by atomic mass is 16.5. The number of methoxy groups -OCH3 is 2. The van der Waals surface area contributed by atoms with E-state index in [1.54, 1.807) is 48.5 Å². The molecule has 8 heteroatoms. The highest BCUT2D eigenvalue weighted by Gasteiger charge is 2.17. The molecule has 148 valence electrons. The average molecular weight is 385 g/mol. The van der Waals surface area contributed by atoms with Crippen molar-refractivity contribution in [2.24, 2.45) is 0 Å². The lowest BCUT2D eigenvalue weighted by Gasteiger charge is -2.13. The molecule has 0 aromatic heterocycles. The van der Waals surface area contributed by atoms with Gasteiger partial charge in [0.2, 0.25) is 5.91 Å². The van der Waals surface area contributed by atoms with Crippen LogP contribution in [0.3, 0.4) is 0 Å². The lowest BCUT2D eigenvalue weighted by molar-refractivity contribution is -0.120. The van der Waals surface area contributed by atoms with E-state index in [0.29, 0.717) is 17.1 Å². The van der Waals surface area contributed by atoms with Crippen LogP contribution in [0.25, 0.3) is 0 Å². The Morgan fingerprint density at radius 2 is 1.36 bits per heavy atom. The van der Waals surface area contributed by atoms with Crippen molar-refractivity contribution in [1.29, 1.82) is 0 Å². The number of amides is 3. The van der Waals surface area contributed by atoms with Crippen LogP contribution in [0.2, 0.25) is 0 Å². The first-order chi connectivity index (χ1) is 13.6. The van der Waals surface area contributed by atoms with Crippen molar-refractivity contribution in [2.45, 2.75) is 0 Å². The van der Waals surface area contributed by atoms with Gasteiger partial charge in [0.1, 0.15) is 17.1 Å². The molecule has 2 rings (SSSR count). The van der Waals surface area contributed by atoms with E-state index < -0.39 is 0 Å². The Bertz CT molecular complexity index is 802. The van der Waals surface area contributed by atoms with Crippen LogP contribution in [0.15, 0.2) is 48.5 Å². The zero-order valence-electron chi connectivity index (χ0n) is 15.8. The molecule has 0 aliphatic heterocycles.